The minimum atomic E-state index is -0.0669. The van der Waals surface area contributed by atoms with Gasteiger partial charge in [0.1, 0.15) is 0 Å². The number of aliphatic hydroxyl groups is 1. The highest BCUT2D eigenvalue weighted by Gasteiger charge is 2.41. The Morgan fingerprint density at radius 2 is 1.91 bits per heavy atom. The van der Waals surface area contributed by atoms with Gasteiger partial charge in [0.2, 0.25) is 0 Å². The van der Waals surface area contributed by atoms with Crippen molar-refractivity contribution in [2.45, 2.75) is 50.2 Å². The van der Waals surface area contributed by atoms with Crippen molar-refractivity contribution < 1.29 is 5.11 Å². The molecule has 2 N–H and O–H groups in total. The van der Waals surface area contributed by atoms with Gasteiger partial charge < -0.3 is 10.4 Å². The molecule has 1 aliphatic carbocycles. The van der Waals surface area contributed by atoms with E-state index >= 15 is 0 Å². The Morgan fingerprint density at radius 1 is 1.18 bits per heavy atom. The van der Waals surface area contributed by atoms with E-state index in [1.165, 1.54) is 32.1 Å². The van der Waals surface area contributed by atoms with E-state index in [0.29, 0.717) is 0 Å². The van der Waals surface area contributed by atoms with Crippen LogP contribution in [-0.4, -0.2) is 23.3 Å². The number of hydrogen-bond donors (Lipinski definition) is 2. The summed E-state index contributed by atoms with van der Waals surface area (Å²) >= 11 is 0. The third kappa shape index (κ3) is 1.18. The average Bonchev–Trinajstić information content (AvgIpc) is 2.36. The van der Waals surface area contributed by atoms with Crippen LogP contribution in [0.1, 0.15) is 38.5 Å². The summed E-state index contributed by atoms with van der Waals surface area (Å²) in [6, 6.07) is 0. The van der Waals surface area contributed by atoms with Crippen LogP contribution in [0.5, 0.6) is 0 Å². The van der Waals surface area contributed by atoms with Crippen LogP contribution in [0, 0.1) is 0 Å². The summed E-state index contributed by atoms with van der Waals surface area (Å²) in [6.07, 6.45) is 7.22. The highest BCUT2D eigenvalue weighted by molar-refractivity contribution is 5.01. The Hall–Kier alpha value is -0.0800. The molecular weight excluding hydrogens is 138 g/mol. The molecular formula is C9H17NO. The molecule has 2 aliphatic rings. The van der Waals surface area contributed by atoms with Gasteiger partial charge in [-0.15, -0.1) is 0 Å². The first-order valence-corrected chi connectivity index (χ1v) is 4.77. The van der Waals surface area contributed by atoms with Gasteiger partial charge in [0, 0.05) is 5.54 Å². The van der Waals surface area contributed by atoms with E-state index in [2.05, 4.69) is 5.32 Å². The molecule has 11 heavy (non-hydrogen) atoms. The lowest BCUT2D eigenvalue weighted by molar-refractivity contribution is 0.0707. The molecule has 1 saturated carbocycles. The van der Waals surface area contributed by atoms with Crippen LogP contribution in [0.2, 0.25) is 0 Å². The predicted molar refractivity (Wildman–Crippen MR) is 44.4 cm³/mol. The van der Waals surface area contributed by atoms with E-state index in [-0.39, 0.29) is 11.6 Å². The molecule has 0 amide bonds. The van der Waals surface area contributed by atoms with Crippen LogP contribution in [0.3, 0.4) is 0 Å². The SMILES string of the molecule is OC1CCNC12CCCCC2. The minimum absolute atomic E-state index is 0.0669. The van der Waals surface area contributed by atoms with Gasteiger partial charge in [-0.05, 0) is 25.8 Å². The maximum Gasteiger partial charge on any atom is 0.0733 e. The first kappa shape index (κ1) is 7.56. The topological polar surface area (TPSA) is 32.3 Å². The largest absolute Gasteiger partial charge is 0.391 e. The van der Waals surface area contributed by atoms with Crippen LogP contribution in [-0.2, 0) is 0 Å². The number of aliphatic hydroxyl groups excluding tert-OH is 1. The van der Waals surface area contributed by atoms with Crippen LogP contribution in [0.25, 0.3) is 0 Å². The summed E-state index contributed by atoms with van der Waals surface area (Å²) in [7, 11) is 0. The Kier molecular flexibility index (Phi) is 1.90. The predicted octanol–water partition coefficient (Wildman–Crippen LogP) is 1.04. The fourth-order valence-electron chi connectivity index (χ4n) is 2.54. The van der Waals surface area contributed by atoms with Crippen molar-refractivity contribution in [3.05, 3.63) is 0 Å². The molecule has 0 aromatic carbocycles. The van der Waals surface area contributed by atoms with Crippen molar-refractivity contribution in [1.82, 2.24) is 5.32 Å². The van der Waals surface area contributed by atoms with Crippen LogP contribution in [0.4, 0.5) is 0 Å². The van der Waals surface area contributed by atoms with E-state index < -0.39 is 0 Å². The molecule has 1 atom stereocenters. The molecule has 0 aromatic heterocycles. The summed E-state index contributed by atoms with van der Waals surface area (Å²) in [5.41, 5.74) is 0.137. The highest BCUT2D eigenvalue weighted by atomic mass is 16.3. The zero-order valence-electron chi connectivity index (χ0n) is 6.97. The Labute approximate surface area is 68.0 Å². The van der Waals surface area contributed by atoms with Gasteiger partial charge in [-0.25, -0.2) is 0 Å². The standard InChI is InChI=1S/C9H17NO/c11-8-4-7-10-9(8)5-2-1-3-6-9/h8,10-11H,1-7H2. The lowest BCUT2D eigenvalue weighted by Gasteiger charge is -2.36. The van der Waals surface area contributed by atoms with Gasteiger partial charge >= 0.3 is 0 Å². The summed E-state index contributed by atoms with van der Waals surface area (Å²) < 4.78 is 0. The van der Waals surface area contributed by atoms with Crippen LogP contribution >= 0.6 is 0 Å². The monoisotopic (exact) mass is 155 g/mol. The first-order valence-electron chi connectivity index (χ1n) is 4.77. The molecule has 1 spiro atoms. The van der Waals surface area contributed by atoms with Gasteiger partial charge in [-0.2, -0.15) is 0 Å². The number of rotatable bonds is 0. The molecule has 0 radical (unpaired) electrons. The van der Waals surface area contributed by atoms with Crippen molar-refractivity contribution in [2.75, 3.05) is 6.54 Å². The first-order chi connectivity index (χ1) is 5.33. The van der Waals surface area contributed by atoms with Crippen molar-refractivity contribution in [3.63, 3.8) is 0 Å². The summed E-state index contributed by atoms with van der Waals surface area (Å²) in [6.45, 7) is 1.02. The number of hydrogen-bond acceptors (Lipinski definition) is 2. The molecule has 2 nitrogen and oxygen atoms in total. The van der Waals surface area contributed by atoms with Gasteiger partial charge in [0.25, 0.3) is 0 Å². The zero-order valence-corrected chi connectivity index (χ0v) is 6.97. The van der Waals surface area contributed by atoms with Crippen molar-refractivity contribution in [3.8, 4) is 0 Å². The highest BCUT2D eigenvalue weighted by Crippen LogP contribution is 2.34. The second kappa shape index (κ2) is 2.76. The van der Waals surface area contributed by atoms with E-state index in [4.69, 9.17) is 0 Å². The second-order valence-electron chi connectivity index (χ2n) is 3.95. The summed E-state index contributed by atoms with van der Waals surface area (Å²) in [4.78, 5) is 0. The third-order valence-corrected chi connectivity index (χ3v) is 3.28. The lowest BCUT2D eigenvalue weighted by atomic mass is 9.79. The van der Waals surface area contributed by atoms with E-state index in [1.54, 1.807) is 0 Å². The number of nitrogens with one attached hydrogen (secondary N) is 1. The summed E-state index contributed by atoms with van der Waals surface area (Å²) in [5.74, 6) is 0. The minimum Gasteiger partial charge on any atom is -0.391 e. The smallest absolute Gasteiger partial charge is 0.0733 e. The van der Waals surface area contributed by atoms with Crippen LogP contribution < -0.4 is 5.32 Å². The fourth-order valence-corrected chi connectivity index (χ4v) is 2.54. The summed E-state index contributed by atoms with van der Waals surface area (Å²) in [5, 5.41) is 13.2. The molecule has 1 unspecified atom stereocenters. The van der Waals surface area contributed by atoms with Gasteiger partial charge in [0.05, 0.1) is 6.10 Å². The molecule has 0 aromatic rings. The Bertz CT molecular complexity index is 140. The molecule has 2 heteroatoms. The van der Waals surface area contributed by atoms with Crippen molar-refractivity contribution >= 4 is 0 Å². The average molecular weight is 155 g/mol. The quantitative estimate of drug-likeness (QED) is 0.548. The van der Waals surface area contributed by atoms with E-state index in [0.717, 1.165) is 13.0 Å². The van der Waals surface area contributed by atoms with Crippen molar-refractivity contribution in [2.24, 2.45) is 0 Å². The lowest BCUT2D eigenvalue weighted by Crippen LogP contribution is -2.49. The molecule has 64 valence electrons. The normalized spacial score (nSPS) is 36.3. The van der Waals surface area contributed by atoms with E-state index in [9.17, 15) is 5.11 Å². The maximum absolute atomic E-state index is 9.74. The van der Waals surface area contributed by atoms with Crippen molar-refractivity contribution in [1.29, 1.82) is 0 Å². The molecule has 2 fully saturated rings. The Balaban J connectivity index is 2.06. The van der Waals surface area contributed by atoms with E-state index in [1.807, 2.05) is 0 Å². The molecule has 1 heterocycles. The molecule has 1 saturated heterocycles. The van der Waals surface area contributed by atoms with Gasteiger partial charge in [0.15, 0.2) is 0 Å². The molecule has 2 rings (SSSR count). The van der Waals surface area contributed by atoms with Crippen LogP contribution in [0.15, 0.2) is 0 Å². The molecule has 1 aliphatic heterocycles. The fraction of sp³-hybridized carbons (Fsp3) is 1.00. The van der Waals surface area contributed by atoms with Gasteiger partial charge in [-0.3, -0.25) is 0 Å². The molecule has 0 bridgehead atoms. The Morgan fingerprint density at radius 3 is 2.45 bits per heavy atom. The third-order valence-electron chi connectivity index (χ3n) is 3.28. The maximum atomic E-state index is 9.74. The van der Waals surface area contributed by atoms with Gasteiger partial charge in [-0.1, -0.05) is 19.3 Å². The zero-order chi connectivity index (χ0) is 7.73. The second-order valence-corrected chi connectivity index (χ2v) is 3.95.